The van der Waals surface area contributed by atoms with Gasteiger partial charge >= 0.3 is 5.97 Å². The van der Waals surface area contributed by atoms with Gasteiger partial charge in [-0.25, -0.2) is 9.78 Å². The van der Waals surface area contributed by atoms with E-state index in [1.807, 2.05) is 46.3 Å². The van der Waals surface area contributed by atoms with E-state index in [9.17, 15) is 4.79 Å². The van der Waals surface area contributed by atoms with Crippen LogP contribution in [0.5, 0.6) is 0 Å². The van der Waals surface area contributed by atoms with Crippen molar-refractivity contribution in [3.8, 4) is 22.6 Å². The third-order valence-corrected chi connectivity index (χ3v) is 4.57. The van der Waals surface area contributed by atoms with Crippen molar-refractivity contribution in [2.75, 3.05) is 0 Å². The summed E-state index contributed by atoms with van der Waals surface area (Å²) in [7, 11) is 0. The molecular formula is C18H12N2O2S. The lowest BCUT2D eigenvalue weighted by atomic mass is 10.1. The molecule has 2 aromatic carbocycles. The van der Waals surface area contributed by atoms with Crippen molar-refractivity contribution < 1.29 is 9.90 Å². The van der Waals surface area contributed by atoms with Crippen molar-refractivity contribution in [3.63, 3.8) is 0 Å². The van der Waals surface area contributed by atoms with Gasteiger partial charge in [-0.2, -0.15) is 0 Å². The summed E-state index contributed by atoms with van der Waals surface area (Å²) in [5.41, 5.74) is 3.18. The van der Waals surface area contributed by atoms with Crippen LogP contribution in [0.25, 0.3) is 27.5 Å². The molecule has 4 nitrogen and oxygen atoms in total. The number of hydrogen-bond acceptors (Lipinski definition) is 3. The molecule has 0 radical (unpaired) electrons. The second-order valence-corrected chi connectivity index (χ2v) is 6.01. The van der Waals surface area contributed by atoms with Gasteiger partial charge in [-0.05, 0) is 12.1 Å². The van der Waals surface area contributed by atoms with E-state index in [0.717, 1.165) is 27.5 Å². The zero-order chi connectivity index (χ0) is 15.8. The summed E-state index contributed by atoms with van der Waals surface area (Å²) in [4.78, 5) is 16.9. The summed E-state index contributed by atoms with van der Waals surface area (Å²) < 4.78 is 2.04. The van der Waals surface area contributed by atoms with Crippen LogP contribution in [-0.4, -0.2) is 20.5 Å². The van der Waals surface area contributed by atoms with Gasteiger partial charge in [0.1, 0.15) is 16.3 Å². The predicted molar refractivity (Wildman–Crippen MR) is 90.9 cm³/mol. The Morgan fingerprint density at radius 3 is 2.43 bits per heavy atom. The molecule has 0 amide bonds. The van der Waals surface area contributed by atoms with Crippen LogP contribution in [0.15, 0.2) is 66.2 Å². The maximum absolute atomic E-state index is 11.0. The highest BCUT2D eigenvalue weighted by Crippen LogP contribution is 2.32. The molecule has 0 aliphatic heterocycles. The normalized spacial score (nSPS) is 11.0. The fourth-order valence-corrected chi connectivity index (χ4v) is 3.42. The Kier molecular flexibility index (Phi) is 3.20. The standard InChI is InChI=1S/C18H12N2O2S/c21-18(22)14-8-6-13(7-9-14)16-19-15(12-4-2-1-3-5-12)17-20(16)10-11-23-17/h1-11H,(H,21,22). The fraction of sp³-hybridized carbons (Fsp3) is 0. The van der Waals surface area contributed by atoms with Gasteiger partial charge in [0.2, 0.25) is 0 Å². The quantitative estimate of drug-likeness (QED) is 0.607. The number of benzene rings is 2. The smallest absolute Gasteiger partial charge is 0.335 e. The van der Waals surface area contributed by atoms with E-state index in [2.05, 4.69) is 0 Å². The SMILES string of the molecule is O=C(O)c1ccc(-c2nc(-c3ccccc3)c3sccn23)cc1. The second-order valence-electron chi connectivity index (χ2n) is 5.11. The van der Waals surface area contributed by atoms with Crippen LogP contribution >= 0.6 is 11.3 Å². The molecule has 0 saturated carbocycles. The minimum absolute atomic E-state index is 0.273. The number of carbonyl (C=O) groups is 1. The first-order valence-corrected chi connectivity index (χ1v) is 7.97. The van der Waals surface area contributed by atoms with Crippen LogP contribution in [-0.2, 0) is 0 Å². The van der Waals surface area contributed by atoms with Gasteiger partial charge < -0.3 is 5.11 Å². The molecule has 0 unspecified atom stereocenters. The first-order chi connectivity index (χ1) is 11.2. The van der Waals surface area contributed by atoms with E-state index in [-0.39, 0.29) is 5.56 Å². The summed E-state index contributed by atoms with van der Waals surface area (Å²) in [5.74, 6) is -0.109. The zero-order valence-corrected chi connectivity index (χ0v) is 12.8. The predicted octanol–water partition coefficient (Wildman–Crippen LogP) is 4.43. The third-order valence-electron chi connectivity index (χ3n) is 3.69. The first kappa shape index (κ1) is 13.7. The summed E-state index contributed by atoms with van der Waals surface area (Å²) in [5, 5.41) is 11.0. The number of carboxylic acid groups (broad SMARTS) is 1. The van der Waals surface area contributed by atoms with Crippen molar-refractivity contribution in [2.45, 2.75) is 0 Å². The number of fused-ring (bicyclic) bond motifs is 1. The lowest BCUT2D eigenvalue weighted by Crippen LogP contribution is -1.95. The number of aromatic nitrogens is 2. The molecule has 0 bridgehead atoms. The summed E-state index contributed by atoms with van der Waals surface area (Å²) >= 11 is 1.64. The molecule has 1 N–H and O–H groups in total. The number of carboxylic acids is 1. The Labute approximate surface area is 136 Å². The molecule has 23 heavy (non-hydrogen) atoms. The lowest BCUT2D eigenvalue weighted by Gasteiger charge is -2.00. The van der Waals surface area contributed by atoms with Gasteiger partial charge in [0.25, 0.3) is 0 Å². The maximum Gasteiger partial charge on any atom is 0.335 e. The second kappa shape index (κ2) is 5.37. The van der Waals surface area contributed by atoms with Crippen LogP contribution in [0.1, 0.15) is 10.4 Å². The van der Waals surface area contributed by atoms with Gasteiger partial charge in [-0.15, -0.1) is 11.3 Å². The van der Waals surface area contributed by atoms with Gasteiger partial charge in [0.05, 0.1) is 5.56 Å². The van der Waals surface area contributed by atoms with E-state index < -0.39 is 5.97 Å². The topological polar surface area (TPSA) is 54.6 Å². The first-order valence-electron chi connectivity index (χ1n) is 7.09. The summed E-state index contributed by atoms with van der Waals surface area (Å²) in [6.07, 6.45) is 1.99. The number of aromatic carboxylic acids is 1. The molecule has 0 fully saturated rings. The van der Waals surface area contributed by atoms with E-state index >= 15 is 0 Å². The molecule has 2 heterocycles. The minimum Gasteiger partial charge on any atom is -0.478 e. The van der Waals surface area contributed by atoms with Crippen LogP contribution in [0.4, 0.5) is 0 Å². The highest BCUT2D eigenvalue weighted by atomic mass is 32.1. The van der Waals surface area contributed by atoms with Gasteiger partial charge in [0, 0.05) is 22.7 Å². The van der Waals surface area contributed by atoms with Crippen LogP contribution in [0.3, 0.4) is 0 Å². The van der Waals surface area contributed by atoms with Crippen molar-refractivity contribution in [2.24, 2.45) is 0 Å². The Morgan fingerprint density at radius 1 is 1.00 bits per heavy atom. The molecule has 0 spiro atoms. The highest BCUT2D eigenvalue weighted by molar-refractivity contribution is 7.16. The Bertz CT molecular complexity index is 985. The van der Waals surface area contributed by atoms with E-state index in [4.69, 9.17) is 10.1 Å². The molecular weight excluding hydrogens is 308 g/mol. The van der Waals surface area contributed by atoms with Crippen molar-refractivity contribution in [3.05, 3.63) is 71.7 Å². The molecule has 0 aliphatic carbocycles. The number of rotatable bonds is 3. The number of hydrogen-bond donors (Lipinski definition) is 1. The van der Waals surface area contributed by atoms with Crippen LogP contribution in [0, 0.1) is 0 Å². The lowest BCUT2D eigenvalue weighted by molar-refractivity contribution is 0.0697. The van der Waals surface area contributed by atoms with Crippen LogP contribution < -0.4 is 0 Å². The number of nitrogens with zero attached hydrogens (tertiary/aromatic N) is 2. The largest absolute Gasteiger partial charge is 0.478 e. The summed E-state index contributed by atoms with van der Waals surface area (Å²) in [6.45, 7) is 0. The Balaban J connectivity index is 1.88. The zero-order valence-electron chi connectivity index (χ0n) is 12.0. The van der Waals surface area contributed by atoms with Crippen molar-refractivity contribution in [1.82, 2.24) is 9.38 Å². The molecule has 0 aliphatic rings. The van der Waals surface area contributed by atoms with E-state index in [1.165, 1.54) is 0 Å². The maximum atomic E-state index is 11.0. The van der Waals surface area contributed by atoms with Crippen LogP contribution in [0.2, 0.25) is 0 Å². The number of imidazole rings is 1. The van der Waals surface area contributed by atoms with Crippen molar-refractivity contribution >= 4 is 22.1 Å². The molecule has 112 valence electrons. The molecule has 4 aromatic rings. The molecule has 5 heteroatoms. The average molecular weight is 320 g/mol. The molecule has 4 rings (SSSR count). The molecule has 0 atom stereocenters. The molecule has 2 aromatic heterocycles. The van der Waals surface area contributed by atoms with Gasteiger partial charge in [0.15, 0.2) is 0 Å². The van der Waals surface area contributed by atoms with Crippen molar-refractivity contribution in [1.29, 1.82) is 0 Å². The fourth-order valence-electron chi connectivity index (χ4n) is 2.57. The average Bonchev–Trinajstić information content (AvgIpc) is 3.18. The van der Waals surface area contributed by atoms with E-state index in [0.29, 0.717) is 0 Å². The van der Waals surface area contributed by atoms with E-state index in [1.54, 1.807) is 35.6 Å². The van der Waals surface area contributed by atoms with Gasteiger partial charge in [-0.1, -0.05) is 42.5 Å². The number of thiazole rings is 1. The minimum atomic E-state index is -0.926. The summed E-state index contributed by atoms with van der Waals surface area (Å²) in [6, 6.07) is 16.9. The molecule has 0 saturated heterocycles. The Morgan fingerprint density at radius 2 is 1.74 bits per heavy atom. The Hall–Kier alpha value is -2.92. The van der Waals surface area contributed by atoms with Gasteiger partial charge in [-0.3, -0.25) is 4.40 Å². The third kappa shape index (κ3) is 2.31. The monoisotopic (exact) mass is 320 g/mol. The highest BCUT2D eigenvalue weighted by Gasteiger charge is 2.15.